The fraction of sp³-hybridized carbons (Fsp3) is 0.952. The molecule has 23 heavy (non-hydrogen) atoms. The van der Waals surface area contributed by atoms with Crippen LogP contribution in [0.2, 0.25) is 0 Å². The molecule has 8 atom stereocenters. The molecule has 0 spiro atoms. The Morgan fingerprint density at radius 1 is 1.00 bits per heavy atom. The van der Waals surface area contributed by atoms with Gasteiger partial charge in [-0.15, -0.1) is 0 Å². The summed E-state index contributed by atoms with van der Waals surface area (Å²) >= 11 is 0. The normalized spacial score (nSPS) is 55.7. The predicted molar refractivity (Wildman–Crippen MR) is 91.9 cm³/mol. The molecule has 0 radical (unpaired) electrons. The van der Waals surface area contributed by atoms with Gasteiger partial charge in [-0.2, -0.15) is 0 Å². The summed E-state index contributed by atoms with van der Waals surface area (Å²) in [6, 6.07) is 0. The van der Waals surface area contributed by atoms with E-state index in [-0.39, 0.29) is 17.4 Å². The molecule has 0 aromatic heterocycles. The van der Waals surface area contributed by atoms with Gasteiger partial charge in [0.1, 0.15) is 5.78 Å². The Labute approximate surface area is 141 Å². The van der Waals surface area contributed by atoms with Crippen LogP contribution in [0.3, 0.4) is 0 Å². The Bertz CT molecular complexity index is 500. The molecule has 130 valence electrons. The summed E-state index contributed by atoms with van der Waals surface area (Å²) in [5.74, 6) is 3.32. The Morgan fingerprint density at radius 3 is 2.52 bits per heavy atom. The molecule has 4 saturated carbocycles. The van der Waals surface area contributed by atoms with Crippen molar-refractivity contribution < 1.29 is 9.90 Å². The van der Waals surface area contributed by atoms with Gasteiger partial charge >= 0.3 is 0 Å². The van der Waals surface area contributed by atoms with E-state index >= 15 is 0 Å². The van der Waals surface area contributed by atoms with Crippen molar-refractivity contribution in [3.63, 3.8) is 0 Å². The number of fused-ring (bicyclic) bond motifs is 5. The number of carbonyl (C=O) groups is 1. The highest BCUT2D eigenvalue weighted by molar-refractivity contribution is 5.79. The van der Waals surface area contributed by atoms with Gasteiger partial charge in [0.15, 0.2) is 0 Å². The molecule has 2 nitrogen and oxygen atoms in total. The van der Waals surface area contributed by atoms with E-state index < -0.39 is 0 Å². The van der Waals surface area contributed by atoms with Crippen molar-refractivity contribution in [2.75, 3.05) is 0 Å². The summed E-state index contributed by atoms with van der Waals surface area (Å²) in [5.41, 5.74) is 0.308. The average Bonchev–Trinajstić information content (AvgIpc) is 2.87. The maximum Gasteiger partial charge on any atom is 0.133 e. The Balaban J connectivity index is 1.68. The van der Waals surface area contributed by atoms with Crippen molar-refractivity contribution >= 4 is 5.78 Å². The Kier molecular flexibility index (Phi) is 3.72. The number of aliphatic hydroxyl groups is 1. The first-order valence-corrected chi connectivity index (χ1v) is 10.1. The first-order chi connectivity index (χ1) is 10.9. The molecular formula is C21H34O2. The second kappa shape index (κ2) is 5.31. The van der Waals surface area contributed by atoms with Gasteiger partial charge in [-0.1, -0.05) is 26.7 Å². The fourth-order valence-corrected chi connectivity index (χ4v) is 7.92. The first kappa shape index (κ1) is 16.1. The number of hydrogen-bond acceptors (Lipinski definition) is 2. The third-order valence-electron chi connectivity index (χ3n) is 9.18. The third kappa shape index (κ3) is 2.06. The fourth-order valence-electron chi connectivity index (χ4n) is 7.92. The molecule has 4 aliphatic carbocycles. The lowest BCUT2D eigenvalue weighted by Crippen LogP contribution is -2.58. The zero-order valence-corrected chi connectivity index (χ0v) is 15.2. The highest BCUT2D eigenvalue weighted by atomic mass is 16.3. The zero-order chi connectivity index (χ0) is 16.4. The van der Waals surface area contributed by atoms with E-state index in [1.54, 1.807) is 6.92 Å². The second-order valence-corrected chi connectivity index (χ2v) is 9.76. The molecule has 0 heterocycles. The Hall–Kier alpha value is -0.370. The monoisotopic (exact) mass is 318 g/mol. The quantitative estimate of drug-likeness (QED) is 0.767. The van der Waals surface area contributed by atoms with Crippen LogP contribution in [0.15, 0.2) is 0 Å². The van der Waals surface area contributed by atoms with E-state index in [2.05, 4.69) is 13.8 Å². The third-order valence-corrected chi connectivity index (χ3v) is 9.18. The zero-order valence-electron chi connectivity index (χ0n) is 15.2. The maximum atomic E-state index is 12.2. The highest BCUT2D eigenvalue weighted by Crippen LogP contribution is 2.67. The van der Waals surface area contributed by atoms with Crippen LogP contribution in [0.4, 0.5) is 0 Å². The molecule has 2 unspecified atom stereocenters. The number of rotatable bonds is 1. The van der Waals surface area contributed by atoms with Crippen LogP contribution in [0.25, 0.3) is 0 Å². The molecule has 0 bridgehead atoms. The van der Waals surface area contributed by atoms with Gasteiger partial charge in [0.05, 0.1) is 6.10 Å². The molecule has 2 heteroatoms. The topological polar surface area (TPSA) is 37.3 Å². The van der Waals surface area contributed by atoms with E-state index in [1.807, 2.05) is 0 Å². The van der Waals surface area contributed by atoms with Crippen LogP contribution in [0.5, 0.6) is 0 Å². The maximum absolute atomic E-state index is 12.2. The molecule has 0 amide bonds. The van der Waals surface area contributed by atoms with Crippen molar-refractivity contribution in [3.05, 3.63) is 0 Å². The molecule has 0 aromatic carbocycles. The van der Waals surface area contributed by atoms with E-state index in [4.69, 9.17) is 0 Å². The molecule has 4 aliphatic rings. The lowest BCUT2D eigenvalue weighted by atomic mass is 9.44. The first-order valence-electron chi connectivity index (χ1n) is 10.1. The molecule has 4 rings (SSSR count). The van der Waals surface area contributed by atoms with Gasteiger partial charge in [-0.25, -0.2) is 0 Å². The van der Waals surface area contributed by atoms with Crippen molar-refractivity contribution in [2.45, 2.75) is 84.7 Å². The molecule has 4 fully saturated rings. The lowest BCUT2D eigenvalue weighted by Gasteiger charge is -2.61. The smallest absolute Gasteiger partial charge is 0.133 e. The van der Waals surface area contributed by atoms with Crippen molar-refractivity contribution in [1.82, 2.24) is 0 Å². The van der Waals surface area contributed by atoms with E-state index in [0.717, 1.165) is 24.7 Å². The summed E-state index contributed by atoms with van der Waals surface area (Å²) in [7, 11) is 0. The average molecular weight is 319 g/mol. The number of aliphatic hydroxyl groups excluding tert-OH is 1. The van der Waals surface area contributed by atoms with Gasteiger partial charge in [0, 0.05) is 11.3 Å². The highest BCUT2D eigenvalue weighted by Gasteiger charge is 2.63. The largest absolute Gasteiger partial charge is 0.393 e. The summed E-state index contributed by atoms with van der Waals surface area (Å²) in [4.78, 5) is 12.2. The summed E-state index contributed by atoms with van der Waals surface area (Å²) in [5, 5.41) is 11.1. The minimum atomic E-state index is -0.275. The second-order valence-electron chi connectivity index (χ2n) is 9.76. The SMILES string of the molecule is CC(=O)[C@H]1CC[C@H]2[C@@H]3CCC4CCCC[C@]4(C)[C@H]3CC(O)[C@]12C. The van der Waals surface area contributed by atoms with Gasteiger partial charge < -0.3 is 5.11 Å². The minimum Gasteiger partial charge on any atom is -0.393 e. The van der Waals surface area contributed by atoms with Crippen LogP contribution >= 0.6 is 0 Å². The van der Waals surface area contributed by atoms with E-state index in [0.29, 0.717) is 23.0 Å². The number of ketones is 1. The number of carbonyl (C=O) groups excluding carboxylic acids is 1. The number of Topliss-reactive ketones (excluding diaryl/α,β-unsaturated/α-hetero) is 1. The predicted octanol–water partition coefficient (Wildman–Crippen LogP) is 4.60. The summed E-state index contributed by atoms with van der Waals surface area (Å²) < 4.78 is 0. The van der Waals surface area contributed by atoms with Gasteiger partial charge in [0.25, 0.3) is 0 Å². The summed E-state index contributed by atoms with van der Waals surface area (Å²) in [6.45, 7) is 6.53. The van der Waals surface area contributed by atoms with Crippen LogP contribution < -0.4 is 0 Å². The molecule has 0 aromatic rings. The van der Waals surface area contributed by atoms with E-state index in [9.17, 15) is 9.90 Å². The van der Waals surface area contributed by atoms with Crippen molar-refractivity contribution in [3.8, 4) is 0 Å². The van der Waals surface area contributed by atoms with Gasteiger partial charge in [0.2, 0.25) is 0 Å². The van der Waals surface area contributed by atoms with Crippen molar-refractivity contribution in [1.29, 1.82) is 0 Å². The number of hydrogen-bond donors (Lipinski definition) is 1. The van der Waals surface area contributed by atoms with Gasteiger partial charge in [-0.05, 0) is 81.0 Å². The van der Waals surface area contributed by atoms with Gasteiger partial charge in [-0.3, -0.25) is 4.79 Å². The molecule has 1 N–H and O–H groups in total. The minimum absolute atomic E-state index is 0.0975. The molecule has 0 aliphatic heterocycles. The Morgan fingerprint density at radius 2 is 1.78 bits per heavy atom. The van der Waals surface area contributed by atoms with Crippen molar-refractivity contribution in [2.24, 2.45) is 40.4 Å². The van der Waals surface area contributed by atoms with Crippen LogP contribution in [-0.2, 0) is 4.79 Å². The lowest BCUT2D eigenvalue weighted by molar-refractivity contribution is -0.167. The van der Waals surface area contributed by atoms with Crippen LogP contribution in [-0.4, -0.2) is 17.0 Å². The van der Waals surface area contributed by atoms with Crippen LogP contribution in [0, 0.1) is 40.4 Å². The summed E-state index contributed by atoms with van der Waals surface area (Å²) in [6.07, 6.45) is 11.2. The standard InChI is InChI=1S/C21H34O2/c1-13(22)16-9-10-17-15-8-7-14-6-4-5-11-20(14,2)18(15)12-19(23)21(16,17)3/h14-19,23H,4-12H2,1-3H3/t14?,15-,16+,17-,18-,19?,20-,21+/m0/s1. The molecule has 0 saturated heterocycles. The van der Waals surface area contributed by atoms with Crippen LogP contribution in [0.1, 0.15) is 78.6 Å². The van der Waals surface area contributed by atoms with E-state index in [1.165, 1.54) is 44.9 Å². The molecular weight excluding hydrogens is 284 g/mol.